The second-order valence-electron chi connectivity index (χ2n) is 6.89. The summed E-state index contributed by atoms with van der Waals surface area (Å²) in [6.07, 6.45) is 3.44. The summed E-state index contributed by atoms with van der Waals surface area (Å²) < 4.78 is 0. The molecule has 0 aromatic heterocycles. The molecule has 0 radical (unpaired) electrons. The normalized spacial score (nSPS) is 19.9. The fraction of sp³-hybridized carbons (Fsp3) is 0.526. The Morgan fingerprint density at radius 1 is 1.00 bits per heavy atom. The predicted octanol–water partition coefficient (Wildman–Crippen LogP) is 1.31. The third-order valence-corrected chi connectivity index (χ3v) is 4.89. The Balaban J connectivity index is 1.42. The smallest absolute Gasteiger partial charge is 0.304 e. The standard InChI is InChI=1S/C19H27N5O2/c1-21-11-13-22(14-12-21)9-5-6-10-23-18(25)16-24(19(23)26)20-15-17-7-3-2-4-8-17/h2-4,7-8,15H,5-6,9-14,16H2,1H3/b20-15-. The summed E-state index contributed by atoms with van der Waals surface area (Å²) in [6, 6.07) is 9.23. The van der Waals surface area contributed by atoms with Crippen LogP contribution in [0.4, 0.5) is 4.79 Å². The summed E-state index contributed by atoms with van der Waals surface area (Å²) in [6.45, 7) is 5.94. The molecule has 2 aliphatic rings. The van der Waals surface area contributed by atoms with Crippen LogP contribution in [0.1, 0.15) is 18.4 Å². The minimum Gasteiger partial charge on any atom is -0.304 e. The molecule has 7 heteroatoms. The van der Waals surface area contributed by atoms with E-state index in [4.69, 9.17) is 0 Å². The fourth-order valence-corrected chi connectivity index (χ4v) is 3.19. The molecule has 3 rings (SSSR count). The summed E-state index contributed by atoms with van der Waals surface area (Å²) in [4.78, 5) is 30.6. The van der Waals surface area contributed by atoms with Gasteiger partial charge in [-0.05, 0) is 32.0 Å². The van der Waals surface area contributed by atoms with Gasteiger partial charge in [0.05, 0.1) is 6.21 Å². The Labute approximate surface area is 154 Å². The number of urea groups is 1. The third-order valence-electron chi connectivity index (χ3n) is 4.89. The quantitative estimate of drug-likeness (QED) is 0.419. The molecule has 2 aliphatic heterocycles. The molecule has 1 aromatic carbocycles. The van der Waals surface area contributed by atoms with Crippen LogP contribution in [0.15, 0.2) is 35.4 Å². The second kappa shape index (κ2) is 8.91. The largest absolute Gasteiger partial charge is 0.347 e. The summed E-state index contributed by atoms with van der Waals surface area (Å²) in [5.74, 6) is -0.167. The molecular formula is C19H27N5O2. The Kier molecular flexibility index (Phi) is 6.35. The lowest BCUT2D eigenvalue weighted by atomic mass is 10.2. The number of piperazine rings is 1. The predicted molar refractivity (Wildman–Crippen MR) is 101 cm³/mol. The first-order valence-corrected chi connectivity index (χ1v) is 9.25. The number of imide groups is 1. The zero-order chi connectivity index (χ0) is 18.4. The van der Waals surface area contributed by atoms with Crippen LogP contribution < -0.4 is 0 Å². The average Bonchev–Trinajstić information content (AvgIpc) is 2.93. The molecule has 0 bridgehead atoms. The first-order chi connectivity index (χ1) is 12.6. The zero-order valence-corrected chi connectivity index (χ0v) is 15.4. The van der Waals surface area contributed by atoms with E-state index in [1.54, 1.807) is 6.21 Å². The first-order valence-electron chi connectivity index (χ1n) is 9.25. The van der Waals surface area contributed by atoms with Gasteiger partial charge in [-0.2, -0.15) is 5.10 Å². The Morgan fingerprint density at radius 2 is 1.69 bits per heavy atom. The highest BCUT2D eigenvalue weighted by Gasteiger charge is 2.35. The van der Waals surface area contributed by atoms with E-state index in [-0.39, 0.29) is 18.5 Å². The van der Waals surface area contributed by atoms with Crippen molar-refractivity contribution in [3.8, 4) is 0 Å². The molecule has 0 saturated carbocycles. The number of benzene rings is 1. The molecular weight excluding hydrogens is 330 g/mol. The molecule has 2 fully saturated rings. The van der Waals surface area contributed by atoms with Crippen molar-refractivity contribution in [3.63, 3.8) is 0 Å². The number of rotatable bonds is 7. The van der Waals surface area contributed by atoms with Crippen molar-refractivity contribution in [2.24, 2.45) is 5.10 Å². The van der Waals surface area contributed by atoms with Gasteiger partial charge in [-0.3, -0.25) is 9.69 Å². The Hall–Kier alpha value is -2.25. The number of likely N-dealkylation sites (N-methyl/N-ethyl adjacent to an activating group) is 1. The van der Waals surface area contributed by atoms with Crippen molar-refractivity contribution < 1.29 is 9.59 Å². The maximum atomic E-state index is 12.4. The van der Waals surface area contributed by atoms with Crippen LogP contribution >= 0.6 is 0 Å². The lowest BCUT2D eigenvalue weighted by Gasteiger charge is -2.32. The molecule has 7 nitrogen and oxygen atoms in total. The van der Waals surface area contributed by atoms with Crippen molar-refractivity contribution in [2.45, 2.75) is 12.8 Å². The van der Waals surface area contributed by atoms with Crippen LogP contribution in [0.3, 0.4) is 0 Å². The van der Waals surface area contributed by atoms with E-state index < -0.39 is 0 Å². The van der Waals surface area contributed by atoms with E-state index in [0.717, 1.165) is 51.1 Å². The SMILES string of the molecule is CN1CCN(CCCCN2C(=O)CN(/N=C\c3ccccc3)C2=O)CC1. The molecule has 0 spiro atoms. The van der Waals surface area contributed by atoms with Gasteiger partial charge in [-0.25, -0.2) is 9.80 Å². The van der Waals surface area contributed by atoms with E-state index in [9.17, 15) is 9.59 Å². The Bertz CT molecular complexity index is 641. The topological polar surface area (TPSA) is 59.5 Å². The van der Waals surface area contributed by atoms with Crippen molar-refractivity contribution in [3.05, 3.63) is 35.9 Å². The molecule has 0 unspecified atom stereocenters. The first kappa shape index (κ1) is 18.5. The number of unbranched alkanes of at least 4 members (excludes halogenated alkanes) is 1. The molecule has 0 N–H and O–H groups in total. The maximum absolute atomic E-state index is 12.4. The van der Waals surface area contributed by atoms with E-state index in [0.29, 0.717) is 6.54 Å². The zero-order valence-electron chi connectivity index (χ0n) is 15.4. The number of hydrogen-bond donors (Lipinski definition) is 0. The summed E-state index contributed by atoms with van der Waals surface area (Å²) in [5.41, 5.74) is 0.901. The monoisotopic (exact) mass is 357 g/mol. The van der Waals surface area contributed by atoms with Crippen LogP contribution in [0.25, 0.3) is 0 Å². The number of hydrogen-bond acceptors (Lipinski definition) is 5. The van der Waals surface area contributed by atoms with Crippen LogP contribution in [0.2, 0.25) is 0 Å². The number of nitrogens with zero attached hydrogens (tertiary/aromatic N) is 5. The fourth-order valence-electron chi connectivity index (χ4n) is 3.19. The van der Waals surface area contributed by atoms with Gasteiger partial charge in [0.1, 0.15) is 6.54 Å². The number of carbonyl (C=O) groups is 2. The van der Waals surface area contributed by atoms with Crippen LogP contribution in [-0.4, -0.2) is 90.7 Å². The highest BCUT2D eigenvalue weighted by molar-refractivity contribution is 6.02. The van der Waals surface area contributed by atoms with Crippen molar-refractivity contribution in [2.75, 3.05) is 52.9 Å². The second-order valence-corrected chi connectivity index (χ2v) is 6.89. The van der Waals surface area contributed by atoms with Gasteiger partial charge in [0.15, 0.2) is 0 Å². The lowest BCUT2D eigenvalue weighted by molar-refractivity contribution is -0.125. The summed E-state index contributed by atoms with van der Waals surface area (Å²) >= 11 is 0. The van der Waals surface area contributed by atoms with Crippen LogP contribution in [0, 0.1) is 0 Å². The van der Waals surface area contributed by atoms with Gasteiger partial charge in [-0.1, -0.05) is 30.3 Å². The molecule has 26 heavy (non-hydrogen) atoms. The number of carbonyl (C=O) groups excluding carboxylic acids is 2. The number of hydrazone groups is 1. The Morgan fingerprint density at radius 3 is 2.42 bits per heavy atom. The minimum atomic E-state index is -0.318. The van der Waals surface area contributed by atoms with E-state index in [2.05, 4.69) is 21.9 Å². The van der Waals surface area contributed by atoms with Gasteiger partial charge in [0.25, 0.3) is 5.91 Å². The molecule has 0 atom stereocenters. The van der Waals surface area contributed by atoms with Gasteiger partial charge in [0.2, 0.25) is 0 Å². The summed E-state index contributed by atoms with van der Waals surface area (Å²) in [7, 11) is 2.15. The van der Waals surface area contributed by atoms with E-state index >= 15 is 0 Å². The third kappa shape index (κ3) is 4.89. The highest BCUT2D eigenvalue weighted by Crippen LogP contribution is 2.12. The summed E-state index contributed by atoms with van der Waals surface area (Å²) in [5, 5.41) is 5.41. The van der Waals surface area contributed by atoms with Gasteiger partial charge >= 0.3 is 6.03 Å². The van der Waals surface area contributed by atoms with Crippen molar-refractivity contribution >= 4 is 18.2 Å². The highest BCUT2D eigenvalue weighted by atomic mass is 16.2. The molecule has 3 amide bonds. The molecule has 2 saturated heterocycles. The average molecular weight is 357 g/mol. The van der Waals surface area contributed by atoms with Crippen LogP contribution in [-0.2, 0) is 4.79 Å². The van der Waals surface area contributed by atoms with E-state index in [1.165, 1.54) is 9.91 Å². The molecule has 1 aromatic rings. The van der Waals surface area contributed by atoms with Gasteiger partial charge < -0.3 is 9.80 Å². The lowest BCUT2D eigenvalue weighted by Crippen LogP contribution is -2.44. The minimum absolute atomic E-state index is 0.0284. The van der Waals surface area contributed by atoms with Crippen LogP contribution in [0.5, 0.6) is 0 Å². The molecule has 140 valence electrons. The van der Waals surface area contributed by atoms with Crippen molar-refractivity contribution in [1.29, 1.82) is 0 Å². The van der Waals surface area contributed by atoms with E-state index in [1.807, 2.05) is 30.3 Å². The number of amides is 3. The molecule has 2 heterocycles. The van der Waals surface area contributed by atoms with Gasteiger partial charge in [-0.15, -0.1) is 0 Å². The van der Waals surface area contributed by atoms with Gasteiger partial charge in [0, 0.05) is 32.7 Å². The molecule has 0 aliphatic carbocycles. The van der Waals surface area contributed by atoms with Crippen molar-refractivity contribution in [1.82, 2.24) is 19.7 Å². The maximum Gasteiger partial charge on any atom is 0.347 e.